The van der Waals surface area contributed by atoms with E-state index in [4.69, 9.17) is 0 Å². The highest BCUT2D eigenvalue weighted by atomic mass is 16.2. The predicted octanol–water partition coefficient (Wildman–Crippen LogP) is -1.38. The van der Waals surface area contributed by atoms with Gasteiger partial charge in [0.25, 0.3) is 5.56 Å². The number of nitrogens with one attached hydrogen (secondary N) is 1. The van der Waals surface area contributed by atoms with Gasteiger partial charge in [-0.25, -0.2) is 9.78 Å². The number of carbonyl (C=O) groups is 1. The van der Waals surface area contributed by atoms with Gasteiger partial charge in [0.1, 0.15) is 11.8 Å². The van der Waals surface area contributed by atoms with E-state index >= 15 is 0 Å². The molecule has 0 fully saturated rings. The highest BCUT2D eigenvalue weighted by molar-refractivity contribution is 5.68. The Hall–Kier alpha value is -2.18. The van der Waals surface area contributed by atoms with Crippen LogP contribution in [-0.4, -0.2) is 25.4 Å². The first-order valence-corrected chi connectivity index (χ1v) is 4.23. The van der Waals surface area contributed by atoms with Crippen molar-refractivity contribution in [2.45, 2.75) is 6.54 Å². The molecule has 7 nitrogen and oxygen atoms in total. The van der Waals surface area contributed by atoms with Crippen LogP contribution in [0.4, 0.5) is 0 Å². The summed E-state index contributed by atoms with van der Waals surface area (Å²) in [5.41, 5.74) is -0.574. The molecular weight excluding hydrogens is 200 g/mol. The first kappa shape index (κ1) is 9.38. The molecule has 2 aromatic heterocycles. The molecule has 0 bridgehead atoms. The van der Waals surface area contributed by atoms with Crippen molar-refractivity contribution in [3.63, 3.8) is 0 Å². The summed E-state index contributed by atoms with van der Waals surface area (Å²) in [5.74, 6) is 0. The molecule has 15 heavy (non-hydrogen) atoms. The van der Waals surface area contributed by atoms with Crippen molar-refractivity contribution >= 4 is 17.5 Å². The van der Waals surface area contributed by atoms with Gasteiger partial charge in [-0.1, -0.05) is 0 Å². The lowest BCUT2D eigenvalue weighted by Gasteiger charge is -2.03. The maximum atomic E-state index is 11.7. The minimum Gasteiger partial charge on any atom is -0.339 e. The Bertz CT molecular complexity index is 633. The minimum absolute atomic E-state index is 0.221. The van der Waals surface area contributed by atoms with Crippen LogP contribution in [0.15, 0.2) is 15.9 Å². The van der Waals surface area contributed by atoms with E-state index in [1.54, 1.807) is 0 Å². The van der Waals surface area contributed by atoms with Gasteiger partial charge in [-0.05, 0) is 0 Å². The number of aryl methyl sites for hydroxylation is 1. The third-order valence-electron chi connectivity index (χ3n) is 2.17. The number of aldehydes is 1. The molecule has 78 valence electrons. The van der Waals surface area contributed by atoms with Gasteiger partial charge in [0.05, 0.1) is 12.9 Å². The molecule has 0 atom stereocenters. The number of fused-ring (bicyclic) bond motifs is 1. The number of nitrogens with zero attached hydrogens (tertiary/aromatic N) is 3. The molecule has 0 saturated carbocycles. The van der Waals surface area contributed by atoms with E-state index < -0.39 is 11.2 Å². The van der Waals surface area contributed by atoms with Crippen LogP contribution in [0.5, 0.6) is 0 Å². The van der Waals surface area contributed by atoms with E-state index in [9.17, 15) is 14.4 Å². The lowest BCUT2D eigenvalue weighted by Crippen LogP contribution is -2.39. The quantitative estimate of drug-likeness (QED) is 0.616. The van der Waals surface area contributed by atoms with E-state index in [1.807, 2.05) is 0 Å². The summed E-state index contributed by atoms with van der Waals surface area (Å²) in [6.45, 7) is -0.250. The Labute approximate surface area is 83.0 Å². The second-order valence-electron chi connectivity index (χ2n) is 3.03. The number of hydrogen-bond donors (Lipinski definition) is 1. The van der Waals surface area contributed by atoms with Crippen LogP contribution < -0.4 is 11.2 Å². The van der Waals surface area contributed by atoms with Crippen molar-refractivity contribution in [2.24, 2.45) is 7.05 Å². The van der Waals surface area contributed by atoms with Crippen LogP contribution in [0.3, 0.4) is 0 Å². The monoisotopic (exact) mass is 208 g/mol. The lowest BCUT2D eigenvalue weighted by molar-refractivity contribution is -0.108. The highest BCUT2D eigenvalue weighted by Gasteiger charge is 2.11. The Balaban J connectivity index is 2.98. The molecular formula is C8H8N4O3. The first-order chi connectivity index (χ1) is 7.16. The molecule has 0 aliphatic rings. The normalized spacial score (nSPS) is 10.7. The van der Waals surface area contributed by atoms with Crippen molar-refractivity contribution in [1.82, 2.24) is 19.1 Å². The Morgan fingerprint density at radius 3 is 2.93 bits per heavy atom. The van der Waals surface area contributed by atoms with Crippen molar-refractivity contribution in [3.05, 3.63) is 27.2 Å². The fraction of sp³-hybridized carbons (Fsp3) is 0.250. The molecule has 0 unspecified atom stereocenters. The third-order valence-corrected chi connectivity index (χ3v) is 2.17. The molecule has 2 aromatic rings. The fourth-order valence-corrected chi connectivity index (χ4v) is 1.43. The Morgan fingerprint density at radius 1 is 1.53 bits per heavy atom. The average molecular weight is 208 g/mol. The van der Waals surface area contributed by atoms with Gasteiger partial charge in [0.15, 0.2) is 5.65 Å². The fourth-order valence-electron chi connectivity index (χ4n) is 1.43. The lowest BCUT2D eigenvalue weighted by atomic mass is 10.5. The number of rotatable bonds is 2. The molecule has 0 amide bonds. The highest BCUT2D eigenvalue weighted by Crippen LogP contribution is 1.98. The molecule has 0 saturated heterocycles. The summed E-state index contributed by atoms with van der Waals surface area (Å²) in [5, 5.41) is 0. The Kier molecular flexibility index (Phi) is 2.00. The summed E-state index contributed by atoms with van der Waals surface area (Å²) in [4.78, 5) is 40.1. The number of aromatic amines is 1. The summed E-state index contributed by atoms with van der Waals surface area (Å²) >= 11 is 0. The molecule has 0 spiro atoms. The molecule has 0 radical (unpaired) electrons. The van der Waals surface area contributed by atoms with Crippen LogP contribution in [0, 0.1) is 0 Å². The number of hydrogen-bond acceptors (Lipinski definition) is 4. The van der Waals surface area contributed by atoms with Crippen LogP contribution >= 0.6 is 0 Å². The number of carbonyl (C=O) groups excluding carboxylic acids is 1. The predicted molar refractivity (Wildman–Crippen MR) is 51.7 cm³/mol. The smallest absolute Gasteiger partial charge is 0.332 e. The first-order valence-electron chi connectivity index (χ1n) is 4.23. The van der Waals surface area contributed by atoms with Crippen molar-refractivity contribution < 1.29 is 4.79 Å². The largest absolute Gasteiger partial charge is 0.339 e. The van der Waals surface area contributed by atoms with Crippen molar-refractivity contribution in [3.8, 4) is 0 Å². The van der Waals surface area contributed by atoms with Crippen LogP contribution in [-0.2, 0) is 18.4 Å². The molecule has 0 aromatic carbocycles. The zero-order valence-electron chi connectivity index (χ0n) is 7.93. The summed E-state index contributed by atoms with van der Waals surface area (Å²) in [7, 11) is 1.49. The maximum Gasteiger partial charge on any atom is 0.332 e. The van der Waals surface area contributed by atoms with Gasteiger partial charge in [0.2, 0.25) is 0 Å². The second-order valence-corrected chi connectivity index (χ2v) is 3.03. The van der Waals surface area contributed by atoms with Gasteiger partial charge in [0, 0.05) is 7.05 Å². The third kappa shape index (κ3) is 1.20. The van der Waals surface area contributed by atoms with Gasteiger partial charge >= 0.3 is 5.69 Å². The van der Waals surface area contributed by atoms with Gasteiger partial charge in [-0.15, -0.1) is 0 Å². The maximum absolute atomic E-state index is 11.7. The van der Waals surface area contributed by atoms with E-state index in [2.05, 4.69) is 9.97 Å². The Morgan fingerprint density at radius 2 is 2.27 bits per heavy atom. The van der Waals surface area contributed by atoms with Crippen LogP contribution in [0.2, 0.25) is 0 Å². The zero-order valence-corrected chi connectivity index (χ0v) is 7.93. The topological polar surface area (TPSA) is 89.8 Å². The van der Waals surface area contributed by atoms with E-state index in [0.717, 1.165) is 4.57 Å². The zero-order chi connectivity index (χ0) is 11.0. The molecule has 0 aliphatic carbocycles. The van der Waals surface area contributed by atoms with Crippen LogP contribution in [0.25, 0.3) is 11.2 Å². The number of imidazole rings is 1. The molecule has 7 heteroatoms. The summed E-state index contributed by atoms with van der Waals surface area (Å²) < 4.78 is 2.07. The molecule has 0 aliphatic heterocycles. The summed E-state index contributed by atoms with van der Waals surface area (Å²) in [6.07, 6.45) is 1.84. The molecule has 2 heterocycles. The molecule has 2 rings (SSSR count). The second kappa shape index (κ2) is 3.19. The average Bonchev–Trinajstić information content (AvgIpc) is 2.70. The summed E-state index contributed by atoms with van der Waals surface area (Å²) in [6, 6.07) is 0. The van der Waals surface area contributed by atoms with Gasteiger partial charge in [-0.3, -0.25) is 13.9 Å². The van der Waals surface area contributed by atoms with E-state index in [0.29, 0.717) is 6.29 Å². The SMILES string of the molecule is Cn1c(=O)n(CC=O)c(=O)c2[nH]cnc21. The molecule has 1 N–H and O–H groups in total. The van der Waals surface area contributed by atoms with E-state index in [1.165, 1.54) is 17.9 Å². The number of aromatic nitrogens is 4. The van der Waals surface area contributed by atoms with Crippen LogP contribution in [0.1, 0.15) is 0 Å². The van der Waals surface area contributed by atoms with Gasteiger partial charge < -0.3 is 9.78 Å². The number of H-pyrrole nitrogens is 1. The minimum atomic E-state index is -0.549. The van der Waals surface area contributed by atoms with Crippen molar-refractivity contribution in [2.75, 3.05) is 0 Å². The standard InChI is InChI=1S/C8H8N4O3/c1-11-6-5(9-4-10-6)7(14)12(2-3-13)8(11)15/h3-4H,2H2,1H3,(H,9,10). The van der Waals surface area contributed by atoms with E-state index in [-0.39, 0.29) is 17.7 Å². The van der Waals surface area contributed by atoms with Crippen molar-refractivity contribution in [1.29, 1.82) is 0 Å². The van der Waals surface area contributed by atoms with Gasteiger partial charge in [-0.2, -0.15) is 0 Å².